The van der Waals surface area contributed by atoms with Gasteiger partial charge in [-0.1, -0.05) is 55.8 Å². The van der Waals surface area contributed by atoms with Crippen LogP contribution < -0.4 is 4.90 Å². The van der Waals surface area contributed by atoms with Gasteiger partial charge in [-0.15, -0.1) is 0 Å². The number of carboxylic acid groups (broad SMARTS) is 1. The average Bonchev–Trinajstić information content (AvgIpc) is 3.30. The number of rotatable bonds is 6. The van der Waals surface area contributed by atoms with Crippen molar-refractivity contribution in [2.24, 2.45) is 5.41 Å². The second kappa shape index (κ2) is 10.6. The van der Waals surface area contributed by atoms with Crippen LogP contribution in [0.5, 0.6) is 0 Å². The lowest BCUT2D eigenvalue weighted by atomic mass is 9.82. The summed E-state index contributed by atoms with van der Waals surface area (Å²) < 4.78 is 24.1. The second-order valence-corrected chi connectivity index (χ2v) is 13.1. The molecular weight excluding hydrogens is 517 g/mol. The van der Waals surface area contributed by atoms with Gasteiger partial charge in [0.25, 0.3) is 0 Å². The van der Waals surface area contributed by atoms with E-state index in [1.54, 1.807) is 12.1 Å². The molecule has 0 aliphatic carbocycles. The third kappa shape index (κ3) is 5.87. The molecule has 6 nitrogen and oxygen atoms in total. The highest BCUT2D eigenvalue weighted by Gasteiger charge is 2.35. The van der Waals surface area contributed by atoms with Crippen LogP contribution in [0, 0.1) is 25.1 Å². The smallest absolute Gasteiger partial charge is 0.337 e. The van der Waals surface area contributed by atoms with Gasteiger partial charge in [-0.05, 0) is 76.1 Å². The van der Waals surface area contributed by atoms with Gasteiger partial charge in [0.2, 0.25) is 0 Å². The van der Waals surface area contributed by atoms with E-state index >= 15 is 4.39 Å². The van der Waals surface area contributed by atoms with Crippen molar-refractivity contribution in [1.82, 2.24) is 9.38 Å². The fourth-order valence-electron chi connectivity index (χ4n) is 5.62. The molecule has 0 amide bonds. The molecule has 0 bridgehead atoms. The van der Waals surface area contributed by atoms with Gasteiger partial charge in [0.15, 0.2) is 6.10 Å². The number of fused-ring (bicyclic) bond motifs is 1. The Morgan fingerprint density at radius 3 is 2.29 bits per heavy atom. The number of imidazole rings is 1. The van der Waals surface area contributed by atoms with Gasteiger partial charge in [-0.3, -0.25) is 4.40 Å². The fourth-order valence-corrected chi connectivity index (χ4v) is 5.62. The van der Waals surface area contributed by atoms with Crippen molar-refractivity contribution in [2.75, 3.05) is 18.0 Å². The highest BCUT2D eigenvalue weighted by atomic mass is 19.1. The standard InChI is InChI=1S/C34H40FN3O3/c1-21-11-13-23(14-12-21)24-9-8-10-25(29(24)35)26-20-38-27(36-26)19-22(2)28(30(32(39)40)41-33(3,4)5)31(38)37-17-15-34(6,7)16-18-37/h8-14,19-20,30H,15-18H2,1-7H3,(H,39,40)/t30-/m0/s1. The van der Waals surface area contributed by atoms with Gasteiger partial charge in [0, 0.05) is 36.0 Å². The maximum absolute atomic E-state index is 16.0. The number of aliphatic carboxylic acids is 1. The summed E-state index contributed by atoms with van der Waals surface area (Å²) in [5.41, 5.74) is 4.88. The van der Waals surface area contributed by atoms with E-state index in [0.29, 0.717) is 28.0 Å². The van der Waals surface area contributed by atoms with E-state index in [1.165, 1.54) is 0 Å². The Labute approximate surface area is 241 Å². The van der Waals surface area contributed by atoms with E-state index in [1.807, 2.05) is 81.6 Å². The number of carbonyl (C=O) groups is 1. The van der Waals surface area contributed by atoms with E-state index in [9.17, 15) is 9.90 Å². The molecule has 1 aliphatic rings. The number of anilines is 1. The summed E-state index contributed by atoms with van der Waals surface area (Å²) in [6.07, 6.45) is 2.60. The molecular formula is C34H40FN3O3. The number of pyridine rings is 1. The number of piperidine rings is 1. The van der Waals surface area contributed by atoms with E-state index in [4.69, 9.17) is 9.72 Å². The Hall–Kier alpha value is -3.71. The lowest BCUT2D eigenvalue weighted by molar-refractivity contribution is -0.160. The Morgan fingerprint density at radius 1 is 1.05 bits per heavy atom. The lowest BCUT2D eigenvalue weighted by Gasteiger charge is -2.40. The summed E-state index contributed by atoms with van der Waals surface area (Å²) in [6.45, 7) is 15.6. The monoisotopic (exact) mass is 557 g/mol. The van der Waals surface area contributed by atoms with Gasteiger partial charge >= 0.3 is 5.97 Å². The first kappa shape index (κ1) is 28.8. The number of ether oxygens (including phenoxy) is 1. The Bertz CT molecular complexity index is 1590. The minimum absolute atomic E-state index is 0.202. The molecule has 41 heavy (non-hydrogen) atoms. The number of carboxylic acids is 1. The van der Waals surface area contributed by atoms with Gasteiger partial charge in [-0.25, -0.2) is 14.2 Å². The number of halogens is 1. The molecule has 0 radical (unpaired) electrons. The predicted octanol–water partition coefficient (Wildman–Crippen LogP) is 7.99. The number of hydrogen-bond acceptors (Lipinski definition) is 4. The summed E-state index contributed by atoms with van der Waals surface area (Å²) in [5, 5.41) is 10.3. The van der Waals surface area contributed by atoms with Crippen molar-refractivity contribution in [3.63, 3.8) is 0 Å². The minimum atomic E-state index is -1.17. The predicted molar refractivity (Wildman–Crippen MR) is 162 cm³/mol. The van der Waals surface area contributed by atoms with Crippen LogP contribution >= 0.6 is 0 Å². The lowest BCUT2D eigenvalue weighted by Crippen LogP contribution is -2.40. The highest BCUT2D eigenvalue weighted by molar-refractivity contribution is 5.80. The minimum Gasteiger partial charge on any atom is -0.479 e. The molecule has 216 valence electrons. The van der Waals surface area contributed by atoms with E-state index in [2.05, 4.69) is 18.7 Å². The number of nitrogens with zero attached hydrogens (tertiary/aromatic N) is 3. The molecule has 3 heterocycles. The third-order valence-corrected chi connectivity index (χ3v) is 7.98. The van der Waals surface area contributed by atoms with E-state index in [-0.39, 0.29) is 11.2 Å². The first-order chi connectivity index (χ1) is 19.2. The van der Waals surface area contributed by atoms with Gasteiger partial charge < -0.3 is 14.7 Å². The molecule has 2 aromatic heterocycles. The number of aromatic nitrogens is 2. The van der Waals surface area contributed by atoms with Crippen LogP contribution in [0.25, 0.3) is 28.0 Å². The van der Waals surface area contributed by atoms with E-state index in [0.717, 1.165) is 48.4 Å². The van der Waals surface area contributed by atoms with Crippen molar-refractivity contribution in [3.8, 4) is 22.4 Å². The van der Waals surface area contributed by atoms with Crippen molar-refractivity contribution >= 4 is 17.4 Å². The quantitative estimate of drug-likeness (QED) is 0.260. The summed E-state index contributed by atoms with van der Waals surface area (Å²) >= 11 is 0. The van der Waals surface area contributed by atoms with Crippen LogP contribution in [0.4, 0.5) is 10.2 Å². The second-order valence-electron chi connectivity index (χ2n) is 13.1. The van der Waals surface area contributed by atoms with Crippen molar-refractivity contribution in [3.05, 3.63) is 77.2 Å². The van der Waals surface area contributed by atoms with Crippen molar-refractivity contribution in [1.29, 1.82) is 0 Å². The molecule has 0 saturated carbocycles. The molecule has 1 saturated heterocycles. The largest absolute Gasteiger partial charge is 0.479 e. The fraction of sp³-hybridized carbons (Fsp3) is 0.412. The number of benzene rings is 2. The van der Waals surface area contributed by atoms with Crippen LogP contribution in [0.1, 0.15) is 70.3 Å². The highest BCUT2D eigenvalue weighted by Crippen LogP contribution is 2.40. The summed E-state index contributed by atoms with van der Waals surface area (Å²) in [4.78, 5) is 19.8. The SMILES string of the molecule is Cc1ccc(-c2cccc(-c3cn4c(N5CCC(C)(C)CC5)c([C@H](OC(C)(C)C)C(=O)O)c(C)cc4n3)c2F)cc1. The zero-order valence-corrected chi connectivity index (χ0v) is 25.1. The average molecular weight is 558 g/mol. The van der Waals surface area contributed by atoms with Crippen molar-refractivity contribution in [2.45, 2.75) is 73.0 Å². The molecule has 1 atom stereocenters. The van der Waals surface area contributed by atoms with Gasteiger partial charge in [0.05, 0.1) is 11.3 Å². The summed E-state index contributed by atoms with van der Waals surface area (Å²) in [5.74, 6) is -0.628. The molecule has 1 fully saturated rings. The molecule has 5 rings (SSSR count). The molecule has 7 heteroatoms. The topological polar surface area (TPSA) is 67.1 Å². The van der Waals surface area contributed by atoms with Crippen LogP contribution in [0.2, 0.25) is 0 Å². The zero-order chi connectivity index (χ0) is 29.7. The Morgan fingerprint density at radius 2 is 1.68 bits per heavy atom. The third-order valence-electron chi connectivity index (χ3n) is 7.98. The zero-order valence-electron chi connectivity index (χ0n) is 25.1. The molecule has 0 spiro atoms. The maximum atomic E-state index is 16.0. The van der Waals surface area contributed by atoms with Crippen LogP contribution in [0.3, 0.4) is 0 Å². The summed E-state index contributed by atoms with van der Waals surface area (Å²) in [6, 6.07) is 15.0. The van der Waals surface area contributed by atoms with Crippen LogP contribution in [0.15, 0.2) is 54.7 Å². The molecule has 0 unspecified atom stereocenters. The van der Waals surface area contributed by atoms with Gasteiger partial charge in [-0.2, -0.15) is 0 Å². The summed E-state index contributed by atoms with van der Waals surface area (Å²) in [7, 11) is 0. The molecule has 4 aromatic rings. The molecule has 1 aliphatic heterocycles. The first-order valence-corrected chi connectivity index (χ1v) is 14.3. The normalized spacial score (nSPS) is 16.2. The van der Waals surface area contributed by atoms with Gasteiger partial charge in [0.1, 0.15) is 17.3 Å². The molecule has 1 N–H and O–H groups in total. The maximum Gasteiger partial charge on any atom is 0.337 e. The van der Waals surface area contributed by atoms with Crippen LogP contribution in [-0.2, 0) is 9.53 Å². The first-order valence-electron chi connectivity index (χ1n) is 14.3. The van der Waals surface area contributed by atoms with Crippen LogP contribution in [-0.4, -0.2) is 39.2 Å². The van der Waals surface area contributed by atoms with E-state index < -0.39 is 17.7 Å². The number of aryl methyl sites for hydroxylation is 2. The molecule has 2 aromatic carbocycles. The van der Waals surface area contributed by atoms with Crippen molar-refractivity contribution < 1.29 is 19.0 Å². The number of hydrogen-bond donors (Lipinski definition) is 1. The Kier molecular flexibility index (Phi) is 7.45. The Balaban J connectivity index is 1.70.